The van der Waals surface area contributed by atoms with Crippen LogP contribution in [0.25, 0.3) is 0 Å². The second-order valence-corrected chi connectivity index (χ2v) is 8.31. The molecule has 1 atom stereocenters. The Kier molecular flexibility index (Phi) is 7.48. The van der Waals surface area contributed by atoms with Crippen molar-refractivity contribution < 1.29 is 28.6 Å². The quantitative estimate of drug-likeness (QED) is 0.429. The first-order valence-corrected chi connectivity index (χ1v) is 8.87. The van der Waals surface area contributed by atoms with Crippen molar-refractivity contribution in [3.63, 3.8) is 0 Å². The smallest absolute Gasteiger partial charge is 0.465 e. The van der Waals surface area contributed by atoms with Crippen LogP contribution in [0, 0.1) is 5.41 Å². The molecule has 25 heavy (non-hydrogen) atoms. The summed E-state index contributed by atoms with van der Waals surface area (Å²) < 4.78 is 14.5. The number of thioether (sulfide) groups is 1. The standard InChI is InChI=1S/C18H24O6S/c1-6-22-14(19)18(5,12-25-17(2,3)4)15(20)24-16(21)23-13-10-8-7-9-11-13/h7-11H,6,12H2,1-5H3. The molecule has 1 aromatic carbocycles. The largest absolute Gasteiger partial charge is 0.521 e. The van der Waals surface area contributed by atoms with Crippen LogP contribution in [-0.2, 0) is 19.1 Å². The van der Waals surface area contributed by atoms with E-state index in [9.17, 15) is 14.4 Å². The van der Waals surface area contributed by atoms with Gasteiger partial charge in [-0.25, -0.2) is 4.79 Å². The molecule has 0 aliphatic heterocycles. The molecule has 1 rings (SSSR count). The molecule has 0 aliphatic carbocycles. The van der Waals surface area contributed by atoms with E-state index in [1.54, 1.807) is 37.3 Å². The minimum atomic E-state index is -1.61. The lowest BCUT2D eigenvalue weighted by molar-refractivity contribution is -0.165. The summed E-state index contributed by atoms with van der Waals surface area (Å²) in [7, 11) is 0. The number of hydrogen-bond donors (Lipinski definition) is 0. The van der Waals surface area contributed by atoms with Crippen LogP contribution < -0.4 is 4.74 Å². The van der Waals surface area contributed by atoms with Crippen LogP contribution in [0.3, 0.4) is 0 Å². The SMILES string of the molecule is CCOC(=O)C(C)(CSC(C)(C)C)C(=O)OC(=O)Oc1ccccc1. The molecule has 0 saturated heterocycles. The fourth-order valence-electron chi connectivity index (χ4n) is 1.65. The molecule has 0 saturated carbocycles. The van der Waals surface area contributed by atoms with Crippen molar-refractivity contribution in [3.05, 3.63) is 30.3 Å². The van der Waals surface area contributed by atoms with Crippen LogP contribution in [0.2, 0.25) is 0 Å². The summed E-state index contributed by atoms with van der Waals surface area (Å²) in [5.74, 6) is -1.37. The number of ether oxygens (including phenoxy) is 3. The van der Waals surface area contributed by atoms with Crippen molar-refractivity contribution in [3.8, 4) is 5.75 Å². The molecule has 0 N–H and O–H groups in total. The van der Waals surface area contributed by atoms with Crippen LogP contribution in [-0.4, -0.2) is 35.2 Å². The lowest BCUT2D eigenvalue weighted by Gasteiger charge is -2.27. The summed E-state index contributed by atoms with van der Waals surface area (Å²) in [6, 6.07) is 8.20. The molecule has 6 nitrogen and oxygen atoms in total. The van der Waals surface area contributed by atoms with E-state index in [1.807, 2.05) is 20.8 Å². The zero-order chi connectivity index (χ0) is 19.1. The van der Waals surface area contributed by atoms with Gasteiger partial charge in [-0.1, -0.05) is 39.0 Å². The molecule has 0 aromatic heterocycles. The van der Waals surface area contributed by atoms with E-state index >= 15 is 0 Å². The molecule has 0 bridgehead atoms. The average molecular weight is 368 g/mol. The number of esters is 2. The van der Waals surface area contributed by atoms with Crippen molar-refractivity contribution >= 4 is 29.9 Å². The van der Waals surface area contributed by atoms with Crippen molar-refractivity contribution in [1.82, 2.24) is 0 Å². The second-order valence-electron chi connectivity index (χ2n) is 6.51. The van der Waals surface area contributed by atoms with Gasteiger partial charge in [0.05, 0.1) is 6.61 Å². The first-order valence-electron chi connectivity index (χ1n) is 7.89. The lowest BCUT2D eigenvalue weighted by atomic mass is 9.93. The van der Waals surface area contributed by atoms with E-state index in [0.717, 1.165) is 0 Å². The van der Waals surface area contributed by atoms with Gasteiger partial charge in [0.1, 0.15) is 5.75 Å². The highest BCUT2D eigenvalue weighted by Crippen LogP contribution is 2.33. The fraction of sp³-hybridized carbons (Fsp3) is 0.500. The third-order valence-electron chi connectivity index (χ3n) is 3.09. The Balaban J connectivity index is 2.84. The Bertz CT molecular complexity index is 608. The van der Waals surface area contributed by atoms with E-state index in [-0.39, 0.29) is 22.9 Å². The van der Waals surface area contributed by atoms with E-state index in [0.29, 0.717) is 0 Å². The minimum absolute atomic E-state index is 0.118. The Morgan fingerprint density at radius 1 is 1.00 bits per heavy atom. The minimum Gasteiger partial charge on any atom is -0.465 e. The molecule has 0 aliphatic rings. The summed E-state index contributed by atoms with van der Waals surface area (Å²) >= 11 is 1.40. The first-order chi connectivity index (χ1) is 11.6. The number of rotatable bonds is 6. The van der Waals surface area contributed by atoms with Gasteiger partial charge in [-0.3, -0.25) is 9.59 Å². The summed E-state index contributed by atoms with van der Waals surface area (Å²) in [6.07, 6.45) is -1.19. The summed E-state index contributed by atoms with van der Waals surface area (Å²) in [6.45, 7) is 9.04. The highest BCUT2D eigenvalue weighted by atomic mass is 32.2. The molecular formula is C18H24O6S. The van der Waals surface area contributed by atoms with Crippen molar-refractivity contribution in [2.45, 2.75) is 39.4 Å². The van der Waals surface area contributed by atoms with Gasteiger partial charge in [0.2, 0.25) is 0 Å². The Morgan fingerprint density at radius 3 is 2.12 bits per heavy atom. The molecule has 1 aromatic rings. The number of carbonyl (C=O) groups excluding carboxylic acids is 3. The Labute approximate surface area is 152 Å². The molecule has 0 heterocycles. The summed E-state index contributed by atoms with van der Waals surface area (Å²) in [4.78, 5) is 36.6. The molecular weight excluding hydrogens is 344 g/mol. The van der Waals surface area contributed by atoms with Gasteiger partial charge in [0.15, 0.2) is 5.41 Å². The average Bonchev–Trinajstić information content (AvgIpc) is 2.52. The van der Waals surface area contributed by atoms with Gasteiger partial charge in [-0.15, -0.1) is 0 Å². The van der Waals surface area contributed by atoms with Gasteiger partial charge in [0.25, 0.3) is 0 Å². The van der Waals surface area contributed by atoms with E-state index in [2.05, 4.69) is 0 Å². The second kappa shape index (κ2) is 8.89. The van der Waals surface area contributed by atoms with Gasteiger partial charge in [0, 0.05) is 10.5 Å². The lowest BCUT2D eigenvalue weighted by Crippen LogP contribution is -2.43. The van der Waals surface area contributed by atoms with Crippen molar-refractivity contribution in [2.75, 3.05) is 12.4 Å². The third-order valence-corrected chi connectivity index (χ3v) is 4.68. The van der Waals surface area contributed by atoms with Crippen molar-refractivity contribution in [2.24, 2.45) is 5.41 Å². The molecule has 0 fully saturated rings. The molecule has 0 radical (unpaired) electrons. The third kappa shape index (κ3) is 6.78. The van der Waals surface area contributed by atoms with Gasteiger partial charge < -0.3 is 14.2 Å². The van der Waals surface area contributed by atoms with Crippen molar-refractivity contribution in [1.29, 1.82) is 0 Å². The zero-order valence-corrected chi connectivity index (χ0v) is 16.0. The first kappa shape index (κ1) is 21.0. The highest BCUT2D eigenvalue weighted by Gasteiger charge is 2.46. The fourth-order valence-corrected chi connectivity index (χ4v) is 2.60. The predicted octanol–water partition coefficient (Wildman–Crippen LogP) is 3.83. The summed E-state index contributed by atoms with van der Waals surface area (Å²) in [5.41, 5.74) is -1.61. The normalized spacial score (nSPS) is 13.5. The predicted molar refractivity (Wildman–Crippen MR) is 95.5 cm³/mol. The molecule has 1 unspecified atom stereocenters. The van der Waals surface area contributed by atoms with E-state index in [4.69, 9.17) is 14.2 Å². The van der Waals surface area contributed by atoms with Crippen LogP contribution >= 0.6 is 11.8 Å². The molecule has 138 valence electrons. The van der Waals surface area contributed by atoms with Gasteiger partial charge >= 0.3 is 18.1 Å². The highest BCUT2D eigenvalue weighted by molar-refractivity contribution is 8.00. The molecule has 0 spiro atoms. The van der Waals surface area contributed by atoms with Crippen LogP contribution in [0.15, 0.2) is 30.3 Å². The van der Waals surface area contributed by atoms with Crippen LogP contribution in [0.1, 0.15) is 34.6 Å². The monoisotopic (exact) mass is 368 g/mol. The van der Waals surface area contributed by atoms with Crippen LogP contribution in [0.5, 0.6) is 5.75 Å². The van der Waals surface area contributed by atoms with Gasteiger partial charge in [-0.2, -0.15) is 11.8 Å². The summed E-state index contributed by atoms with van der Waals surface area (Å²) in [5, 5.41) is 0. The van der Waals surface area contributed by atoms with Gasteiger partial charge in [-0.05, 0) is 26.0 Å². The van der Waals surface area contributed by atoms with E-state index < -0.39 is 23.5 Å². The number of para-hydroxylation sites is 1. The Morgan fingerprint density at radius 2 is 1.60 bits per heavy atom. The number of benzene rings is 1. The molecule has 0 amide bonds. The maximum atomic E-state index is 12.5. The number of hydrogen-bond acceptors (Lipinski definition) is 7. The zero-order valence-electron chi connectivity index (χ0n) is 15.2. The topological polar surface area (TPSA) is 78.9 Å². The van der Waals surface area contributed by atoms with E-state index in [1.165, 1.54) is 18.7 Å². The number of carbonyl (C=O) groups is 3. The molecule has 7 heteroatoms. The maximum Gasteiger partial charge on any atom is 0.521 e. The Hall–Kier alpha value is -2.02. The van der Waals surface area contributed by atoms with Crippen LogP contribution in [0.4, 0.5) is 4.79 Å². The maximum absolute atomic E-state index is 12.5.